The molecule has 3 aromatic carbocycles. The summed E-state index contributed by atoms with van der Waals surface area (Å²) in [4.78, 5) is 14.6. The van der Waals surface area contributed by atoms with E-state index in [0.717, 1.165) is 15.4 Å². The molecular formula is C24H21N3OS. The second-order valence-corrected chi connectivity index (χ2v) is 7.52. The molecule has 3 rings (SSSR count). The molecule has 3 aromatic rings. The van der Waals surface area contributed by atoms with Crippen LogP contribution in [0.15, 0.2) is 100 Å². The van der Waals surface area contributed by atoms with Crippen LogP contribution in [0.1, 0.15) is 11.1 Å². The topological polar surface area (TPSA) is 64.9 Å². The Morgan fingerprint density at radius 3 is 2.55 bits per heavy atom. The number of carbonyl (C=O) groups is 1. The number of hydrogen-bond acceptors (Lipinski definition) is 4. The lowest BCUT2D eigenvalue weighted by Crippen LogP contribution is -2.17. The Morgan fingerprint density at radius 2 is 1.79 bits per heavy atom. The zero-order chi connectivity index (χ0) is 20.5. The molecule has 0 saturated carbocycles. The second-order valence-electron chi connectivity index (χ2n) is 6.41. The molecule has 0 bridgehead atoms. The lowest BCUT2D eigenvalue weighted by molar-refractivity contribution is -0.112. The van der Waals surface area contributed by atoms with Gasteiger partial charge in [-0.1, -0.05) is 71.9 Å². The van der Waals surface area contributed by atoms with Crippen molar-refractivity contribution in [3.05, 3.63) is 102 Å². The largest absolute Gasteiger partial charge is 0.386 e. The molecule has 0 atom stereocenters. The van der Waals surface area contributed by atoms with Gasteiger partial charge in [-0.05, 0) is 36.8 Å². The molecule has 0 heterocycles. The zero-order valence-electron chi connectivity index (χ0n) is 16.1. The van der Waals surface area contributed by atoms with E-state index in [2.05, 4.69) is 16.7 Å². The summed E-state index contributed by atoms with van der Waals surface area (Å²) >= 11 is 1.56. The molecule has 5 heteroatoms. The molecule has 0 aliphatic heterocycles. The molecule has 4 nitrogen and oxygen atoms in total. The summed E-state index contributed by atoms with van der Waals surface area (Å²) in [6, 6.07) is 27.5. The predicted octanol–water partition coefficient (Wildman–Crippen LogP) is 5.28. The summed E-state index contributed by atoms with van der Waals surface area (Å²) in [6.45, 7) is 2.57. The first-order valence-electron chi connectivity index (χ1n) is 9.18. The van der Waals surface area contributed by atoms with E-state index in [1.54, 1.807) is 11.8 Å². The van der Waals surface area contributed by atoms with Gasteiger partial charge in [0.1, 0.15) is 11.6 Å². The van der Waals surface area contributed by atoms with E-state index in [4.69, 9.17) is 0 Å². The molecule has 0 saturated heterocycles. The number of nitriles is 1. The van der Waals surface area contributed by atoms with Crippen molar-refractivity contribution in [2.45, 2.75) is 23.3 Å². The standard InChI is InChI=1S/C24H21N3OS/c1-18-8-7-9-19(14-18)16-26-17-20(15-25)24(28)27-22-12-5-6-13-23(22)29-21-10-3-2-4-11-21/h2-14,17,26H,16H2,1H3,(H,27,28)/b20-17-. The molecular weight excluding hydrogens is 378 g/mol. The SMILES string of the molecule is Cc1cccc(CN/C=C(/C#N)C(=O)Nc2ccccc2Sc2ccccc2)c1. The van der Waals surface area contributed by atoms with Crippen LogP contribution in [-0.4, -0.2) is 5.91 Å². The molecule has 0 radical (unpaired) electrons. The molecule has 29 heavy (non-hydrogen) atoms. The van der Waals surface area contributed by atoms with Crippen LogP contribution in [-0.2, 0) is 11.3 Å². The van der Waals surface area contributed by atoms with E-state index in [1.165, 1.54) is 11.8 Å². The van der Waals surface area contributed by atoms with Crippen LogP contribution in [0.2, 0.25) is 0 Å². The van der Waals surface area contributed by atoms with Crippen LogP contribution in [0.5, 0.6) is 0 Å². The van der Waals surface area contributed by atoms with Gasteiger partial charge in [0.25, 0.3) is 5.91 Å². The van der Waals surface area contributed by atoms with Gasteiger partial charge in [-0.3, -0.25) is 4.79 Å². The first-order valence-corrected chi connectivity index (χ1v) is 10.00. The van der Waals surface area contributed by atoms with Gasteiger partial charge in [0.05, 0.1) is 5.69 Å². The van der Waals surface area contributed by atoms with Crippen molar-refractivity contribution in [1.29, 1.82) is 5.26 Å². The van der Waals surface area contributed by atoms with Crippen LogP contribution in [0.3, 0.4) is 0 Å². The Kier molecular flexibility index (Phi) is 7.10. The number of hydrogen-bond donors (Lipinski definition) is 2. The summed E-state index contributed by atoms with van der Waals surface area (Å²) in [6.07, 6.45) is 1.46. The van der Waals surface area contributed by atoms with Crippen LogP contribution >= 0.6 is 11.8 Å². The van der Waals surface area contributed by atoms with Crippen LogP contribution < -0.4 is 10.6 Å². The third-order valence-corrected chi connectivity index (χ3v) is 5.19. The lowest BCUT2D eigenvalue weighted by atomic mass is 10.1. The minimum Gasteiger partial charge on any atom is -0.386 e. The van der Waals surface area contributed by atoms with Crippen molar-refractivity contribution in [1.82, 2.24) is 5.32 Å². The molecule has 1 amide bonds. The Bertz CT molecular complexity index is 1050. The zero-order valence-corrected chi connectivity index (χ0v) is 16.9. The van der Waals surface area contributed by atoms with E-state index in [-0.39, 0.29) is 5.57 Å². The highest BCUT2D eigenvalue weighted by Crippen LogP contribution is 2.33. The fourth-order valence-electron chi connectivity index (χ4n) is 2.71. The Morgan fingerprint density at radius 1 is 1.03 bits per heavy atom. The van der Waals surface area contributed by atoms with Crippen molar-refractivity contribution in [2.75, 3.05) is 5.32 Å². The monoisotopic (exact) mass is 399 g/mol. The maximum absolute atomic E-state index is 12.6. The molecule has 0 unspecified atom stereocenters. The van der Waals surface area contributed by atoms with Crippen molar-refractivity contribution in [2.24, 2.45) is 0 Å². The van der Waals surface area contributed by atoms with Gasteiger partial charge in [0, 0.05) is 22.5 Å². The molecule has 0 aromatic heterocycles. The Balaban J connectivity index is 1.67. The van der Waals surface area contributed by atoms with E-state index < -0.39 is 5.91 Å². The maximum Gasteiger partial charge on any atom is 0.267 e. The minimum absolute atomic E-state index is 0.0252. The number of para-hydroxylation sites is 1. The highest BCUT2D eigenvalue weighted by Gasteiger charge is 2.12. The number of nitrogens with one attached hydrogen (secondary N) is 2. The highest BCUT2D eigenvalue weighted by atomic mass is 32.2. The smallest absolute Gasteiger partial charge is 0.267 e. The number of aryl methyl sites for hydroxylation is 1. The molecule has 0 aliphatic carbocycles. The van der Waals surface area contributed by atoms with Crippen LogP contribution in [0.4, 0.5) is 5.69 Å². The fourth-order valence-corrected chi connectivity index (χ4v) is 3.63. The average molecular weight is 400 g/mol. The summed E-state index contributed by atoms with van der Waals surface area (Å²) in [5, 5.41) is 15.3. The van der Waals surface area contributed by atoms with E-state index in [9.17, 15) is 10.1 Å². The Hall–Kier alpha value is -3.49. The van der Waals surface area contributed by atoms with Gasteiger partial charge in [-0.25, -0.2) is 0 Å². The third kappa shape index (κ3) is 6.00. The van der Waals surface area contributed by atoms with E-state index in [1.807, 2.05) is 85.8 Å². The third-order valence-electron chi connectivity index (χ3n) is 4.11. The summed E-state index contributed by atoms with van der Waals surface area (Å²) in [7, 11) is 0. The summed E-state index contributed by atoms with van der Waals surface area (Å²) < 4.78 is 0. The number of anilines is 1. The second kappa shape index (κ2) is 10.2. The van der Waals surface area contributed by atoms with E-state index >= 15 is 0 Å². The lowest BCUT2D eigenvalue weighted by Gasteiger charge is -2.10. The molecule has 144 valence electrons. The molecule has 0 aliphatic rings. The Labute approximate surface area is 175 Å². The maximum atomic E-state index is 12.6. The summed E-state index contributed by atoms with van der Waals surface area (Å²) in [5.74, 6) is -0.439. The molecule has 0 fully saturated rings. The quantitative estimate of drug-likeness (QED) is 0.419. The average Bonchev–Trinajstić information content (AvgIpc) is 2.73. The van der Waals surface area contributed by atoms with Crippen molar-refractivity contribution in [3.63, 3.8) is 0 Å². The normalized spacial score (nSPS) is 10.8. The first-order chi connectivity index (χ1) is 14.2. The minimum atomic E-state index is -0.439. The summed E-state index contributed by atoms with van der Waals surface area (Å²) in [5.41, 5.74) is 2.95. The van der Waals surface area contributed by atoms with Crippen molar-refractivity contribution < 1.29 is 4.79 Å². The van der Waals surface area contributed by atoms with Gasteiger partial charge in [0.2, 0.25) is 0 Å². The number of rotatable bonds is 7. The number of benzene rings is 3. The number of amides is 1. The van der Waals surface area contributed by atoms with Crippen molar-refractivity contribution >= 4 is 23.4 Å². The first kappa shape index (κ1) is 20.2. The van der Waals surface area contributed by atoms with Gasteiger partial charge < -0.3 is 10.6 Å². The van der Waals surface area contributed by atoms with Gasteiger partial charge in [-0.15, -0.1) is 0 Å². The molecule has 0 spiro atoms. The van der Waals surface area contributed by atoms with Gasteiger partial charge in [-0.2, -0.15) is 5.26 Å². The highest BCUT2D eigenvalue weighted by molar-refractivity contribution is 7.99. The van der Waals surface area contributed by atoms with Gasteiger partial charge >= 0.3 is 0 Å². The van der Waals surface area contributed by atoms with E-state index in [0.29, 0.717) is 12.2 Å². The number of carbonyl (C=O) groups excluding carboxylic acids is 1. The van der Waals surface area contributed by atoms with Crippen LogP contribution in [0, 0.1) is 18.3 Å². The predicted molar refractivity (Wildman–Crippen MR) is 117 cm³/mol. The molecule has 2 N–H and O–H groups in total. The van der Waals surface area contributed by atoms with Crippen molar-refractivity contribution in [3.8, 4) is 6.07 Å². The van der Waals surface area contributed by atoms with Gasteiger partial charge in [0.15, 0.2) is 0 Å². The number of nitrogens with zero attached hydrogens (tertiary/aromatic N) is 1. The van der Waals surface area contributed by atoms with Crippen LogP contribution in [0.25, 0.3) is 0 Å². The fraction of sp³-hybridized carbons (Fsp3) is 0.0833.